The van der Waals surface area contributed by atoms with Gasteiger partial charge >= 0.3 is 0 Å². The number of benzene rings is 2. The monoisotopic (exact) mass is 432 g/mol. The Morgan fingerprint density at radius 1 is 1.00 bits per heavy atom. The van der Waals surface area contributed by atoms with Crippen molar-refractivity contribution in [3.05, 3.63) is 69.8 Å². The first-order valence-corrected chi connectivity index (χ1v) is 11.3. The van der Waals surface area contributed by atoms with E-state index in [1.54, 1.807) is 4.90 Å². The van der Waals surface area contributed by atoms with Crippen molar-refractivity contribution in [3.63, 3.8) is 0 Å². The van der Waals surface area contributed by atoms with Crippen LogP contribution in [0.15, 0.2) is 36.4 Å². The first-order chi connectivity index (χ1) is 15.5. The third-order valence-corrected chi connectivity index (χ3v) is 6.90. The van der Waals surface area contributed by atoms with Crippen LogP contribution in [0.3, 0.4) is 0 Å². The largest absolute Gasteiger partial charge is 0.326 e. The Morgan fingerprint density at radius 3 is 2.66 bits per heavy atom. The van der Waals surface area contributed by atoms with E-state index in [-0.39, 0.29) is 30.2 Å². The van der Waals surface area contributed by atoms with Gasteiger partial charge in [0.2, 0.25) is 11.8 Å². The van der Waals surface area contributed by atoms with E-state index < -0.39 is 6.04 Å². The smallest absolute Gasteiger partial charge is 0.255 e. The molecule has 5 rings (SSSR count). The summed E-state index contributed by atoms with van der Waals surface area (Å²) in [6.45, 7) is 1.64. The third kappa shape index (κ3) is 3.82. The molecule has 2 aliphatic heterocycles. The average Bonchev–Trinajstić information content (AvgIpc) is 3.13. The van der Waals surface area contributed by atoms with Crippen molar-refractivity contribution >= 4 is 17.7 Å². The van der Waals surface area contributed by atoms with E-state index in [4.69, 9.17) is 5.73 Å². The van der Waals surface area contributed by atoms with Gasteiger partial charge in [0.15, 0.2) is 0 Å². The van der Waals surface area contributed by atoms with Crippen molar-refractivity contribution in [3.8, 4) is 0 Å². The van der Waals surface area contributed by atoms with Gasteiger partial charge in [0.1, 0.15) is 6.04 Å². The third-order valence-electron chi connectivity index (χ3n) is 6.90. The Bertz CT molecular complexity index is 1100. The van der Waals surface area contributed by atoms with Crippen molar-refractivity contribution in [2.75, 3.05) is 0 Å². The number of carbonyl (C=O) groups excluding carboxylic acids is 3. The maximum absolute atomic E-state index is 13.0. The number of carbonyl (C=O) groups is 3. The zero-order chi connectivity index (χ0) is 22.2. The number of piperidine rings is 1. The number of amides is 3. The zero-order valence-electron chi connectivity index (χ0n) is 18.0. The van der Waals surface area contributed by atoms with Crippen molar-refractivity contribution in [1.82, 2.24) is 15.5 Å². The Hall–Kier alpha value is -3.03. The molecule has 32 heavy (non-hydrogen) atoms. The molecule has 2 unspecified atom stereocenters. The predicted octanol–water partition coefficient (Wildman–Crippen LogP) is 2.07. The molecule has 2 aromatic carbocycles. The van der Waals surface area contributed by atoms with Crippen molar-refractivity contribution in [2.24, 2.45) is 5.73 Å². The highest BCUT2D eigenvalue weighted by Crippen LogP contribution is 2.32. The fourth-order valence-electron chi connectivity index (χ4n) is 5.16. The normalized spacial score (nSPS) is 22.5. The molecule has 1 saturated heterocycles. The molecule has 0 radical (unpaired) electrons. The van der Waals surface area contributed by atoms with E-state index >= 15 is 0 Å². The van der Waals surface area contributed by atoms with E-state index in [2.05, 4.69) is 28.8 Å². The SMILES string of the molecule is NCc1ccc2c(c1)CCCC2NCc1ccc2c(c1)C(=O)N(C1CCC(=O)NC1=O)C2. The minimum atomic E-state index is -0.577. The highest BCUT2D eigenvalue weighted by Gasteiger charge is 2.39. The van der Waals surface area contributed by atoms with Crippen LogP contribution in [0.2, 0.25) is 0 Å². The summed E-state index contributed by atoms with van der Waals surface area (Å²) in [5.74, 6) is -0.779. The summed E-state index contributed by atoms with van der Waals surface area (Å²) < 4.78 is 0. The van der Waals surface area contributed by atoms with Crippen molar-refractivity contribution < 1.29 is 14.4 Å². The van der Waals surface area contributed by atoms with Crippen LogP contribution in [0.4, 0.5) is 0 Å². The fourth-order valence-corrected chi connectivity index (χ4v) is 5.16. The number of rotatable bonds is 5. The number of imide groups is 1. The Kier molecular flexibility index (Phi) is 5.53. The molecule has 0 saturated carbocycles. The second-order valence-electron chi connectivity index (χ2n) is 8.95. The first kappa shape index (κ1) is 20.8. The lowest BCUT2D eigenvalue weighted by Gasteiger charge is -2.29. The molecule has 2 atom stereocenters. The van der Waals surface area contributed by atoms with E-state index in [0.717, 1.165) is 30.4 Å². The zero-order valence-corrected chi connectivity index (χ0v) is 18.0. The fraction of sp³-hybridized carbons (Fsp3) is 0.400. The van der Waals surface area contributed by atoms with Crippen LogP contribution in [0, 0.1) is 0 Å². The van der Waals surface area contributed by atoms with Crippen LogP contribution >= 0.6 is 0 Å². The molecule has 3 aliphatic rings. The molecule has 1 aliphatic carbocycles. The van der Waals surface area contributed by atoms with Gasteiger partial charge in [-0.15, -0.1) is 0 Å². The lowest BCUT2D eigenvalue weighted by molar-refractivity contribution is -0.136. The average molecular weight is 433 g/mol. The molecule has 1 fully saturated rings. The van der Waals surface area contributed by atoms with Gasteiger partial charge in [-0.25, -0.2) is 0 Å². The molecule has 0 bridgehead atoms. The van der Waals surface area contributed by atoms with E-state index in [0.29, 0.717) is 31.6 Å². The highest BCUT2D eigenvalue weighted by atomic mass is 16.2. The second kappa shape index (κ2) is 8.48. The number of hydrogen-bond donors (Lipinski definition) is 3. The predicted molar refractivity (Wildman–Crippen MR) is 119 cm³/mol. The number of nitrogens with one attached hydrogen (secondary N) is 2. The lowest BCUT2D eigenvalue weighted by atomic mass is 9.86. The molecule has 2 aromatic rings. The molecule has 0 spiro atoms. The van der Waals surface area contributed by atoms with Gasteiger partial charge in [0.25, 0.3) is 5.91 Å². The number of aryl methyl sites for hydroxylation is 1. The van der Waals surface area contributed by atoms with Crippen LogP contribution < -0.4 is 16.4 Å². The molecule has 2 heterocycles. The van der Waals surface area contributed by atoms with Gasteiger partial charge in [-0.05, 0) is 59.6 Å². The first-order valence-electron chi connectivity index (χ1n) is 11.3. The topological polar surface area (TPSA) is 105 Å². The summed E-state index contributed by atoms with van der Waals surface area (Å²) in [4.78, 5) is 38.3. The Balaban J connectivity index is 1.28. The summed E-state index contributed by atoms with van der Waals surface area (Å²) in [7, 11) is 0. The van der Waals surface area contributed by atoms with Crippen molar-refractivity contribution in [2.45, 2.75) is 63.8 Å². The van der Waals surface area contributed by atoms with Gasteiger partial charge in [-0.2, -0.15) is 0 Å². The minimum Gasteiger partial charge on any atom is -0.326 e. The van der Waals surface area contributed by atoms with E-state index in [1.165, 1.54) is 16.7 Å². The maximum atomic E-state index is 13.0. The van der Waals surface area contributed by atoms with Crippen LogP contribution in [0.1, 0.15) is 69.9 Å². The van der Waals surface area contributed by atoms with Gasteiger partial charge in [0, 0.05) is 37.7 Å². The molecule has 3 amide bonds. The molecular formula is C25H28N4O3. The van der Waals surface area contributed by atoms with Crippen molar-refractivity contribution in [1.29, 1.82) is 0 Å². The highest BCUT2D eigenvalue weighted by molar-refractivity contribution is 6.05. The molecular weight excluding hydrogens is 404 g/mol. The molecule has 7 nitrogen and oxygen atoms in total. The van der Waals surface area contributed by atoms with Crippen LogP contribution in [0.5, 0.6) is 0 Å². The summed E-state index contributed by atoms with van der Waals surface area (Å²) in [6.07, 6.45) is 3.96. The van der Waals surface area contributed by atoms with Crippen LogP contribution in [-0.2, 0) is 35.6 Å². The summed E-state index contributed by atoms with van der Waals surface area (Å²) in [5, 5.41) is 6.01. The number of fused-ring (bicyclic) bond motifs is 2. The second-order valence-corrected chi connectivity index (χ2v) is 8.95. The van der Waals surface area contributed by atoms with E-state index in [9.17, 15) is 14.4 Å². The quantitative estimate of drug-likeness (QED) is 0.628. The standard InChI is InChI=1S/C25H28N4O3/c26-12-15-5-7-19-17(10-15)2-1-3-21(19)27-13-16-4-6-18-14-29(25(32)20(18)11-16)22-8-9-23(30)28-24(22)31/h4-7,10-11,21-22,27H,1-3,8-9,12-14,26H2,(H,28,30,31). The van der Waals surface area contributed by atoms with Gasteiger partial charge in [-0.3, -0.25) is 19.7 Å². The minimum absolute atomic E-state index is 0.131. The maximum Gasteiger partial charge on any atom is 0.255 e. The Labute approximate surface area is 187 Å². The molecule has 166 valence electrons. The number of nitrogens with two attached hydrogens (primary N) is 1. The summed E-state index contributed by atoms with van der Waals surface area (Å²) >= 11 is 0. The van der Waals surface area contributed by atoms with Gasteiger partial charge in [-0.1, -0.05) is 30.3 Å². The number of hydrogen-bond acceptors (Lipinski definition) is 5. The summed E-state index contributed by atoms with van der Waals surface area (Å²) in [5.41, 5.74) is 12.3. The lowest BCUT2D eigenvalue weighted by Crippen LogP contribution is -2.52. The van der Waals surface area contributed by atoms with Crippen LogP contribution in [0.25, 0.3) is 0 Å². The molecule has 4 N–H and O–H groups in total. The summed E-state index contributed by atoms with van der Waals surface area (Å²) in [6, 6.07) is 12.2. The molecule has 0 aromatic heterocycles. The van der Waals surface area contributed by atoms with E-state index in [1.807, 2.05) is 18.2 Å². The van der Waals surface area contributed by atoms with Gasteiger partial charge < -0.3 is 16.0 Å². The van der Waals surface area contributed by atoms with Gasteiger partial charge in [0.05, 0.1) is 0 Å². The molecule has 7 heteroatoms. The van der Waals surface area contributed by atoms with Crippen LogP contribution in [-0.4, -0.2) is 28.7 Å². The number of nitrogens with zero attached hydrogens (tertiary/aromatic N) is 1. The Morgan fingerprint density at radius 2 is 1.84 bits per heavy atom.